The van der Waals surface area contributed by atoms with Crippen molar-refractivity contribution in [1.82, 2.24) is 19.9 Å². The molecule has 2 atom stereocenters. The third-order valence-electron chi connectivity index (χ3n) is 6.00. The number of pyridine rings is 3. The van der Waals surface area contributed by atoms with E-state index in [1.54, 1.807) is 24.1 Å². The largest absolute Gasteiger partial charge is 0.329 e. The van der Waals surface area contributed by atoms with E-state index in [4.69, 9.17) is 0 Å². The average molecular weight is 453 g/mol. The van der Waals surface area contributed by atoms with Gasteiger partial charge in [-0.25, -0.2) is 13.8 Å². The first kappa shape index (κ1) is 22.7. The van der Waals surface area contributed by atoms with Gasteiger partial charge in [-0.1, -0.05) is 12.1 Å². The van der Waals surface area contributed by atoms with Crippen LogP contribution in [0.1, 0.15) is 30.5 Å². The third kappa shape index (κ3) is 5.14. The fourth-order valence-electron chi connectivity index (χ4n) is 3.99. The zero-order valence-corrected chi connectivity index (χ0v) is 18.4. The van der Waals surface area contributed by atoms with Crippen LogP contribution in [0.5, 0.6) is 0 Å². The van der Waals surface area contributed by atoms with E-state index in [1.165, 1.54) is 18.3 Å². The van der Waals surface area contributed by atoms with E-state index >= 15 is 0 Å². The lowest BCUT2D eigenvalue weighted by Crippen LogP contribution is -2.52. The maximum absolute atomic E-state index is 14.6. The van der Waals surface area contributed by atoms with Gasteiger partial charge in [0.05, 0.1) is 17.7 Å². The first-order valence-electron chi connectivity index (χ1n) is 10.7. The van der Waals surface area contributed by atoms with Gasteiger partial charge in [0.2, 0.25) is 11.5 Å². The molecule has 1 unspecified atom stereocenters. The van der Waals surface area contributed by atoms with Crippen molar-refractivity contribution in [3.05, 3.63) is 76.5 Å². The lowest BCUT2D eigenvalue weighted by atomic mass is 9.87. The molecule has 4 rings (SSSR count). The van der Waals surface area contributed by atoms with Crippen molar-refractivity contribution in [2.24, 2.45) is 0 Å². The van der Waals surface area contributed by atoms with Gasteiger partial charge in [-0.05, 0) is 43.7 Å². The lowest BCUT2D eigenvalue weighted by molar-refractivity contribution is -0.125. The summed E-state index contributed by atoms with van der Waals surface area (Å²) in [5.74, 6) is -3.98. The number of likely N-dealkylation sites (tertiary alicyclic amines) is 1. The number of halogens is 2. The summed E-state index contributed by atoms with van der Waals surface area (Å²) in [5.41, 5.74) is 2.51. The molecule has 0 radical (unpaired) electrons. The summed E-state index contributed by atoms with van der Waals surface area (Å²) in [6.45, 7) is 3.69. The third-order valence-corrected chi connectivity index (χ3v) is 6.00. The fraction of sp³-hybridized carbons (Fsp3) is 0.333. The van der Waals surface area contributed by atoms with Gasteiger partial charge >= 0.3 is 0 Å². The predicted octanol–water partition coefficient (Wildman–Crippen LogP) is 3.59. The predicted molar refractivity (Wildman–Crippen MR) is 121 cm³/mol. The second kappa shape index (κ2) is 9.19. The van der Waals surface area contributed by atoms with Gasteiger partial charge in [0.1, 0.15) is 5.82 Å². The van der Waals surface area contributed by atoms with Crippen molar-refractivity contribution in [3.8, 4) is 11.3 Å². The van der Waals surface area contributed by atoms with Gasteiger partial charge < -0.3 is 10.3 Å². The molecule has 7 nitrogen and oxygen atoms in total. The van der Waals surface area contributed by atoms with Crippen molar-refractivity contribution < 1.29 is 13.6 Å². The van der Waals surface area contributed by atoms with E-state index in [2.05, 4.69) is 20.3 Å². The standard InChI is InChI=1S/C24H25F2N5O2/c1-15-4-3-5-20(29-15)18-6-8-21(27-13-18)30-23(33)16(2)31-11-10-24(25,26)19(14-31)17-7-9-22(32)28-12-17/h3-9,12-13,16,19H,10-11,14H2,1-2H3,(H,28,32)(H,27,30,33)/t16?,19-/m1/s1. The van der Waals surface area contributed by atoms with Crippen LogP contribution in [0.2, 0.25) is 0 Å². The number of hydrogen-bond donors (Lipinski definition) is 2. The van der Waals surface area contributed by atoms with Gasteiger partial charge in [0.15, 0.2) is 0 Å². The highest BCUT2D eigenvalue weighted by Gasteiger charge is 2.46. The number of piperidine rings is 1. The van der Waals surface area contributed by atoms with E-state index in [1.807, 2.05) is 31.2 Å². The number of amides is 1. The van der Waals surface area contributed by atoms with Crippen molar-refractivity contribution >= 4 is 11.7 Å². The van der Waals surface area contributed by atoms with Crippen LogP contribution >= 0.6 is 0 Å². The van der Waals surface area contributed by atoms with Gasteiger partial charge in [-0.2, -0.15) is 0 Å². The Labute approximate surface area is 189 Å². The summed E-state index contributed by atoms with van der Waals surface area (Å²) in [4.78, 5) is 37.1. The Hall–Kier alpha value is -3.46. The molecule has 1 amide bonds. The highest BCUT2D eigenvalue weighted by molar-refractivity contribution is 5.93. The number of aryl methyl sites for hydroxylation is 1. The molecule has 0 bridgehead atoms. The van der Waals surface area contributed by atoms with Crippen LogP contribution in [0, 0.1) is 6.92 Å². The molecule has 0 saturated carbocycles. The smallest absolute Gasteiger partial charge is 0.257 e. The van der Waals surface area contributed by atoms with E-state index in [9.17, 15) is 18.4 Å². The Balaban J connectivity index is 1.43. The summed E-state index contributed by atoms with van der Waals surface area (Å²) in [6, 6.07) is 11.2. The van der Waals surface area contributed by atoms with Crippen LogP contribution in [0.3, 0.4) is 0 Å². The van der Waals surface area contributed by atoms with Crippen LogP contribution in [0.25, 0.3) is 11.3 Å². The summed E-state index contributed by atoms with van der Waals surface area (Å²) in [6.07, 6.45) is 2.59. The van der Waals surface area contributed by atoms with Crippen LogP contribution < -0.4 is 10.9 Å². The van der Waals surface area contributed by atoms with Crippen LogP contribution in [0.4, 0.5) is 14.6 Å². The van der Waals surface area contributed by atoms with Gasteiger partial charge in [0.25, 0.3) is 5.92 Å². The summed E-state index contributed by atoms with van der Waals surface area (Å²) in [7, 11) is 0. The molecule has 0 aromatic carbocycles. The molecule has 3 aromatic heterocycles. The van der Waals surface area contributed by atoms with Crippen molar-refractivity contribution in [2.75, 3.05) is 18.4 Å². The van der Waals surface area contributed by atoms with Crippen molar-refractivity contribution in [1.29, 1.82) is 0 Å². The SMILES string of the molecule is Cc1cccc(-c2ccc(NC(=O)C(C)N3CCC(F)(F)[C@@H](c4ccc(=O)[nH]c4)C3)nc2)n1. The zero-order chi connectivity index (χ0) is 23.6. The zero-order valence-electron chi connectivity index (χ0n) is 18.4. The number of H-pyrrole nitrogens is 1. The summed E-state index contributed by atoms with van der Waals surface area (Å²) >= 11 is 0. The molecule has 172 valence electrons. The monoisotopic (exact) mass is 453 g/mol. The number of rotatable bonds is 5. The molecule has 9 heteroatoms. The molecule has 2 N–H and O–H groups in total. The Morgan fingerprint density at radius 3 is 2.73 bits per heavy atom. The topological polar surface area (TPSA) is 91.0 Å². The molecule has 33 heavy (non-hydrogen) atoms. The van der Waals surface area contributed by atoms with Gasteiger partial charge in [-0.3, -0.25) is 19.5 Å². The number of carbonyl (C=O) groups excluding carboxylic acids is 1. The molecule has 0 spiro atoms. The minimum Gasteiger partial charge on any atom is -0.329 e. The van der Waals surface area contributed by atoms with Crippen LogP contribution in [0.15, 0.2) is 59.7 Å². The first-order chi connectivity index (χ1) is 15.7. The molecule has 0 aliphatic carbocycles. The number of alkyl halides is 2. The Kier molecular flexibility index (Phi) is 6.33. The van der Waals surface area contributed by atoms with E-state index < -0.39 is 17.9 Å². The molecule has 1 saturated heterocycles. The number of nitrogens with one attached hydrogen (secondary N) is 2. The second-order valence-corrected chi connectivity index (χ2v) is 8.31. The molecular formula is C24H25F2N5O2. The molecule has 1 aliphatic rings. The number of carbonyl (C=O) groups is 1. The average Bonchev–Trinajstić information content (AvgIpc) is 2.80. The first-order valence-corrected chi connectivity index (χ1v) is 10.7. The fourth-order valence-corrected chi connectivity index (χ4v) is 3.99. The summed E-state index contributed by atoms with van der Waals surface area (Å²) < 4.78 is 29.2. The number of nitrogens with zero attached hydrogens (tertiary/aromatic N) is 3. The number of anilines is 1. The highest BCUT2D eigenvalue weighted by Crippen LogP contribution is 2.40. The molecule has 3 aromatic rings. The maximum Gasteiger partial charge on any atom is 0.257 e. The van der Waals surface area contributed by atoms with E-state index in [0.29, 0.717) is 11.4 Å². The minimum atomic E-state index is -2.92. The number of aromatic amines is 1. The van der Waals surface area contributed by atoms with Gasteiger partial charge in [-0.15, -0.1) is 0 Å². The normalized spacial score (nSPS) is 19.1. The molecular weight excluding hydrogens is 428 g/mol. The second-order valence-electron chi connectivity index (χ2n) is 8.31. The van der Waals surface area contributed by atoms with E-state index in [-0.39, 0.29) is 31.0 Å². The highest BCUT2D eigenvalue weighted by atomic mass is 19.3. The Morgan fingerprint density at radius 1 is 1.24 bits per heavy atom. The molecule has 4 heterocycles. The number of aromatic nitrogens is 3. The van der Waals surface area contributed by atoms with Gasteiger partial charge in [0, 0.05) is 49.2 Å². The Bertz CT molecular complexity index is 1180. The Morgan fingerprint density at radius 2 is 2.06 bits per heavy atom. The maximum atomic E-state index is 14.6. The number of hydrogen-bond acceptors (Lipinski definition) is 5. The van der Waals surface area contributed by atoms with Crippen molar-refractivity contribution in [3.63, 3.8) is 0 Å². The quantitative estimate of drug-likeness (QED) is 0.616. The molecule has 1 fully saturated rings. The van der Waals surface area contributed by atoms with Crippen molar-refractivity contribution in [2.45, 2.75) is 38.2 Å². The summed E-state index contributed by atoms with van der Waals surface area (Å²) in [5, 5.41) is 2.76. The molecule has 1 aliphatic heterocycles. The van der Waals surface area contributed by atoms with Crippen LogP contribution in [-0.2, 0) is 4.79 Å². The lowest BCUT2D eigenvalue weighted by Gasteiger charge is -2.40. The van der Waals surface area contributed by atoms with Crippen LogP contribution in [-0.4, -0.2) is 50.8 Å². The van der Waals surface area contributed by atoms with E-state index in [0.717, 1.165) is 17.0 Å². The minimum absolute atomic E-state index is 0.000968.